The summed E-state index contributed by atoms with van der Waals surface area (Å²) in [5.74, 6) is 1.01. The molecular weight excluding hydrogens is 236 g/mol. The van der Waals surface area contributed by atoms with E-state index in [0.717, 1.165) is 30.1 Å². The number of fused-ring (bicyclic) bond motifs is 2. The maximum absolute atomic E-state index is 5.91. The van der Waals surface area contributed by atoms with Crippen LogP contribution in [-0.4, -0.2) is 11.5 Å². The summed E-state index contributed by atoms with van der Waals surface area (Å²) in [5.41, 5.74) is 4.45. The lowest BCUT2D eigenvalue weighted by Crippen LogP contribution is -2.28. The van der Waals surface area contributed by atoms with Crippen molar-refractivity contribution >= 4 is 11.1 Å². The molecule has 0 radical (unpaired) electrons. The van der Waals surface area contributed by atoms with Crippen LogP contribution in [0.3, 0.4) is 0 Å². The SMILES string of the molecule is c1ccc2c(c1)CNCC2c1nc2ccccc2o1. The minimum absolute atomic E-state index is 0.206. The molecule has 0 fully saturated rings. The van der Waals surface area contributed by atoms with Crippen LogP contribution in [0.5, 0.6) is 0 Å². The molecule has 1 unspecified atom stereocenters. The molecule has 3 nitrogen and oxygen atoms in total. The maximum atomic E-state index is 5.91. The van der Waals surface area contributed by atoms with Crippen LogP contribution in [0.4, 0.5) is 0 Å². The van der Waals surface area contributed by atoms with Gasteiger partial charge in [0.1, 0.15) is 5.52 Å². The Balaban J connectivity index is 1.85. The molecule has 1 aliphatic rings. The Kier molecular flexibility index (Phi) is 2.38. The molecule has 3 heteroatoms. The van der Waals surface area contributed by atoms with Gasteiger partial charge in [-0.25, -0.2) is 4.98 Å². The van der Waals surface area contributed by atoms with Crippen molar-refractivity contribution in [2.45, 2.75) is 12.5 Å². The zero-order valence-corrected chi connectivity index (χ0v) is 10.5. The summed E-state index contributed by atoms with van der Waals surface area (Å²) >= 11 is 0. The van der Waals surface area contributed by atoms with Gasteiger partial charge in [0.05, 0.1) is 5.92 Å². The quantitative estimate of drug-likeness (QED) is 0.721. The summed E-state index contributed by atoms with van der Waals surface area (Å²) in [6.07, 6.45) is 0. The first-order valence-electron chi connectivity index (χ1n) is 6.56. The van der Waals surface area contributed by atoms with E-state index in [-0.39, 0.29) is 5.92 Å². The summed E-state index contributed by atoms with van der Waals surface area (Å²) < 4.78 is 5.91. The highest BCUT2D eigenvalue weighted by molar-refractivity contribution is 5.72. The third kappa shape index (κ3) is 1.74. The average Bonchev–Trinajstić information content (AvgIpc) is 2.90. The van der Waals surface area contributed by atoms with E-state index in [2.05, 4.69) is 34.6 Å². The van der Waals surface area contributed by atoms with E-state index >= 15 is 0 Å². The predicted octanol–water partition coefficient (Wildman–Crippen LogP) is 3.06. The molecular formula is C16H14N2O. The minimum atomic E-state index is 0.206. The first-order valence-corrected chi connectivity index (χ1v) is 6.56. The van der Waals surface area contributed by atoms with E-state index in [1.54, 1.807) is 0 Å². The fourth-order valence-corrected chi connectivity index (χ4v) is 2.76. The number of aromatic nitrogens is 1. The average molecular weight is 250 g/mol. The molecule has 0 aliphatic carbocycles. The highest BCUT2D eigenvalue weighted by Gasteiger charge is 2.25. The summed E-state index contributed by atoms with van der Waals surface area (Å²) in [4.78, 5) is 4.63. The fourth-order valence-electron chi connectivity index (χ4n) is 2.76. The van der Waals surface area contributed by atoms with Gasteiger partial charge in [-0.05, 0) is 23.3 Å². The molecule has 3 aromatic rings. The number of rotatable bonds is 1. The third-order valence-corrected chi connectivity index (χ3v) is 3.70. The van der Waals surface area contributed by atoms with Crippen molar-refractivity contribution in [1.82, 2.24) is 10.3 Å². The minimum Gasteiger partial charge on any atom is -0.440 e. The zero-order chi connectivity index (χ0) is 12.7. The smallest absolute Gasteiger partial charge is 0.204 e. The molecule has 1 aliphatic heterocycles. The summed E-state index contributed by atoms with van der Waals surface area (Å²) in [6, 6.07) is 16.4. The standard InChI is InChI=1S/C16H14N2O/c1-2-6-12-11(5-1)9-17-10-13(12)16-18-14-7-3-4-8-15(14)19-16/h1-8,13,17H,9-10H2. The van der Waals surface area contributed by atoms with Crippen LogP contribution in [0.1, 0.15) is 22.9 Å². The predicted molar refractivity (Wildman–Crippen MR) is 74.0 cm³/mol. The van der Waals surface area contributed by atoms with Gasteiger partial charge < -0.3 is 9.73 Å². The third-order valence-electron chi connectivity index (χ3n) is 3.70. The number of nitrogens with one attached hydrogen (secondary N) is 1. The molecule has 19 heavy (non-hydrogen) atoms. The Bertz CT molecular complexity index is 699. The largest absolute Gasteiger partial charge is 0.440 e. The second-order valence-corrected chi connectivity index (χ2v) is 4.90. The van der Waals surface area contributed by atoms with Crippen molar-refractivity contribution in [3.05, 3.63) is 65.5 Å². The molecule has 1 atom stereocenters. The van der Waals surface area contributed by atoms with Crippen molar-refractivity contribution in [3.63, 3.8) is 0 Å². The van der Waals surface area contributed by atoms with Gasteiger partial charge in [0, 0.05) is 13.1 Å². The van der Waals surface area contributed by atoms with Gasteiger partial charge in [0.15, 0.2) is 5.58 Å². The van der Waals surface area contributed by atoms with E-state index in [1.807, 2.05) is 24.3 Å². The second kappa shape index (κ2) is 4.21. The van der Waals surface area contributed by atoms with Gasteiger partial charge in [0.25, 0.3) is 0 Å². The van der Waals surface area contributed by atoms with Gasteiger partial charge in [-0.2, -0.15) is 0 Å². The van der Waals surface area contributed by atoms with Crippen LogP contribution in [0, 0.1) is 0 Å². The molecule has 0 saturated carbocycles. The van der Waals surface area contributed by atoms with Crippen molar-refractivity contribution < 1.29 is 4.42 Å². The van der Waals surface area contributed by atoms with Gasteiger partial charge in [-0.1, -0.05) is 36.4 Å². The Morgan fingerprint density at radius 3 is 2.84 bits per heavy atom. The first-order chi connectivity index (χ1) is 9.42. The summed E-state index contributed by atoms with van der Waals surface area (Å²) in [6.45, 7) is 1.80. The molecule has 4 rings (SSSR count). The van der Waals surface area contributed by atoms with Crippen LogP contribution < -0.4 is 5.32 Å². The lowest BCUT2D eigenvalue weighted by Gasteiger charge is -2.23. The molecule has 0 amide bonds. The van der Waals surface area contributed by atoms with Crippen LogP contribution in [0.2, 0.25) is 0 Å². The van der Waals surface area contributed by atoms with E-state index in [1.165, 1.54) is 11.1 Å². The van der Waals surface area contributed by atoms with Crippen LogP contribution in [0.25, 0.3) is 11.1 Å². The number of oxazole rings is 1. The first kappa shape index (κ1) is 10.8. The number of hydrogen-bond donors (Lipinski definition) is 1. The Morgan fingerprint density at radius 2 is 1.89 bits per heavy atom. The van der Waals surface area contributed by atoms with Gasteiger partial charge >= 0.3 is 0 Å². The normalized spacial score (nSPS) is 18.4. The van der Waals surface area contributed by atoms with Gasteiger partial charge in [0.2, 0.25) is 5.89 Å². The molecule has 2 aromatic carbocycles. The Hall–Kier alpha value is -2.13. The van der Waals surface area contributed by atoms with E-state index in [4.69, 9.17) is 4.42 Å². The summed E-state index contributed by atoms with van der Waals surface area (Å²) in [5, 5.41) is 3.43. The topological polar surface area (TPSA) is 38.1 Å². The fraction of sp³-hybridized carbons (Fsp3) is 0.188. The number of para-hydroxylation sites is 2. The van der Waals surface area contributed by atoms with E-state index < -0.39 is 0 Å². The lowest BCUT2D eigenvalue weighted by atomic mass is 9.91. The Labute approximate surface area is 111 Å². The molecule has 2 heterocycles. The van der Waals surface area contributed by atoms with Crippen LogP contribution in [0.15, 0.2) is 52.9 Å². The van der Waals surface area contributed by atoms with Crippen molar-refractivity contribution in [2.75, 3.05) is 6.54 Å². The van der Waals surface area contributed by atoms with Crippen molar-refractivity contribution in [3.8, 4) is 0 Å². The van der Waals surface area contributed by atoms with Crippen LogP contribution >= 0.6 is 0 Å². The lowest BCUT2D eigenvalue weighted by molar-refractivity contribution is 0.464. The molecule has 94 valence electrons. The summed E-state index contributed by atoms with van der Waals surface area (Å²) in [7, 11) is 0. The van der Waals surface area contributed by atoms with Gasteiger partial charge in [-0.3, -0.25) is 0 Å². The molecule has 0 saturated heterocycles. The van der Waals surface area contributed by atoms with Crippen molar-refractivity contribution in [1.29, 1.82) is 0 Å². The second-order valence-electron chi connectivity index (χ2n) is 4.90. The van der Waals surface area contributed by atoms with E-state index in [9.17, 15) is 0 Å². The molecule has 0 spiro atoms. The van der Waals surface area contributed by atoms with Crippen LogP contribution in [-0.2, 0) is 6.54 Å². The number of hydrogen-bond acceptors (Lipinski definition) is 3. The van der Waals surface area contributed by atoms with E-state index in [0.29, 0.717) is 0 Å². The number of nitrogens with zero attached hydrogens (tertiary/aromatic N) is 1. The zero-order valence-electron chi connectivity index (χ0n) is 10.5. The maximum Gasteiger partial charge on any atom is 0.204 e. The molecule has 1 N–H and O–H groups in total. The Morgan fingerprint density at radius 1 is 1.05 bits per heavy atom. The van der Waals surface area contributed by atoms with Crippen molar-refractivity contribution in [2.24, 2.45) is 0 Å². The van der Waals surface area contributed by atoms with Gasteiger partial charge in [-0.15, -0.1) is 0 Å². The highest BCUT2D eigenvalue weighted by atomic mass is 16.3. The monoisotopic (exact) mass is 250 g/mol. The number of benzene rings is 2. The molecule has 0 bridgehead atoms. The highest BCUT2D eigenvalue weighted by Crippen LogP contribution is 2.31. The molecule has 1 aromatic heterocycles.